The topological polar surface area (TPSA) is 3.24 Å². The van der Waals surface area contributed by atoms with Crippen LogP contribution in [0.25, 0.3) is 77.2 Å². The lowest BCUT2D eigenvalue weighted by Crippen LogP contribution is -2.09. The van der Waals surface area contributed by atoms with Crippen LogP contribution in [0.3, 0.4) is 0 Å². The molecular formula is C56H39N. The SMILES string of the molecule is c1ccc(-c2ccc(N(c3ccc(-c4ccccc4)cc3)c3ccc(-c4cccc(-c5c6ccccc6c(-c6ccccc6)c6ccccc56)c4)cc3)cc2)cc1. The highest BCUT2D eigenvalue weighted by atomic mass is 15.1. The van der Waals surface area contributed by atoms with E-state index in [0.29, 0.717) is 0 Å². The molecule has 0 saturated carbocycles. The van der Waals surface area contributed by atoms with Gasteiger partial charge in [-0.3, -0.25) is 0 Å². The summed E-state index contributed by atoms with van der Waals surface area (Å²) in [7, 11) is 0. The Balaban J connectivity index is 1.04. The summed E-state index contributed by atoms with van der Waals surface area (Å²) < 4.78 is 0. The van der Waals surface area contributed by atoms with Crippen molar-refractivity contribution in [2.75, 3.05) is 4.90 Å². The summed E-state index contributed by atoms with van der Waals surface area (Å²) in [6, 6.07) is 85.5. The molecule has 0 spiro atoms. The average molecular weight is 726 g/mol. The number of rotatable bonds is 8. The largest absolute Gasteiger partial charge is 0.311 e. The Bertz CT molecular complexity index is 2810. The molecule has 0 N–H and O–H groups in total. The van der Waals surface area contributed by atoms with Crippen molar-refractivity contribution in [1.82, 2.24) is 0 Å². The maximum Gasteiger partial charge on any atom is 0.0462 e. The molecule has 1 heteroatoms. The summed E-state index contributed by atoms with van der Waals surface area (Å²) in [5.74, 6) is 0. The van der Waals surface area contributed by atoms with Gasteiger partial charge in [0.1, 0.15) is 0 Å². The van der Waals surface area contributed by atoms with Crippen molar-refractivity contribution in [3.63, 3.8) is 0 Å². The van der Waals surface area contributed by atoms with Crippen molar-refractivity contribution < 1.29 is 0 Å². The van der Waals surface area contributed by atoms with Crippen LogP contribution in [0.4, 0.5) is 17.1 Å². The molecule has 57 heavy (non-hydrogen) atoms. The van der Waals surface area contributed by atoms with E-state index in [1.165, 1.54) is 77.2 Å². The Morgan fingerprint density at radius 2 is 0.474 bits per heavy atom. The number of anilines is 3. The van der Waals surface area contributed by atoms with Gasteiger partial charge in [-0.15, -0.1) is 0 Å². The average Bonchev–Trinajstić information content (AvgIpc) is 3.30. The van der Waals surface area contributed by atoms with Crippen molar-refractivity contribution in [3.05, 3.63) is 237 Å². The predicted octanol–water partition coefficient (Wildman–Crippen LogP) is 15.8. The molecule has 0 aliphatic heterocycles. The van der Waals surface area contributed by atoms with Gasteiger partial charge in [-0.05, 0) is 120 Å². The highest BCUT2D eigenvalue weighted by Crippen LogP contribution is 2.44. The first-order chi connectivity index (χ1) is 28.3. The van der Waals surface area contributed by atoms with Crippen LogP contribution < -0.4 is 4.90 Å². The second-order valence-corrected chi connectivity index (χ2v) is 14.5. The summed E-state index contributed by atoms with van der Waals surface area (Å²) in [5.41, 5.74) is 15.5. The van der Waals surface area contributed by atoms with E-state index in [2.05, 4.69) is 241 Å². The lowest BCUT2D eigenvalue weighted by molar-refractivity contribution is 1.28. The molecular weight excluding hydrogens is 687 g/mol. The molecule has 0 atom stereocenters. The predicted molar refractivity (Wildman–Crippen MR) is 243 cm³/mol. The smallest absolute Gasteiger partial charge is 0.0462 e. The van der Waals surface area contributed by atoms with Crippen LogP contribution in [0, 0.1) is 0 Å². The monoisotopic (exact) mass is 725 g/mol. The summed E-state index contributed by atoms with van der Waals surface area (Å²) in [4.78, 5) is 2.34. The van der Waals surface area contributed by atoms with Crippen molar-refractivity contribution >= 4 is 38.6 Å². The molecule has 0 fully saturated rings. The molecule has 10 aromatic rings. The molecule has 0 aromatic heterocycles. The van der Waals surface area contributed by atoms with E-state index in [0.717, 1.165) is 17.1 Å². The Morgan fingerprint density at radius 1 is 0.193 bits per heavy atom. The van der Waals surface area contributed by atoms with Crippen LogP contribution in [0.2, 0.25) is 0 Å². The third kappa shape index (κ3) is 6.56. The summed E-state index contributed by atoms with van der Waals surface area (Å²) in [6.45, 7) is 0. The normalized spacial score (nSPS) is 11.2. The first-order valence-corrected chi connectivity index (χ1v) is 19.6. The number of benzene rings is 10. The molecule has 0 aliphatic rings. The van der Waals surface area contributed by atoms with Crippen LogP contribution in [-0.2, 0) is 0 Å². The van der Waals surface area contributed by atoms with Gasteiger partial charge in [-0.25, -0.2) is 0 Å². The lowest BCUT2D eigenvalue weighted by Gasteiger charge is -2.26. The second kappa shape index (κ2) is 15.0. The maximum absolute atomic E-state index is 2.35. The van der Waals surface area contributed by atoms with Crippen LogP contribution in [-0.4, -0.2) is 0 Å². The van der Waals surface area contributed by atoms with E-state index in [9.17, 15) is 0 Å². The number of hydrogen-bond acceptors (Lipinski definition) is 1. The van der Waals surface area contributed by atoms with Gasteiger partial charge < -0.3 is 4.90 Å². The molecule has 1 nitrogen and oxygen atoms in total. The quantitative estimate of drug-likeness (QED) is 0.141. The van der Waals surface area contributed by atoms with E-state index < -0.39 is 0 Å². The molecule has 0 saturated heterocycles. The fourth-order valence-corrected chi connectivity index (χ4v) is 8.33. The second-order valence-electron chi connectivity index (χ2n) is 14.5. The van der Waals surface area contributed by atoms with Gasteiger partial charge in [0.2, 0.25) is 0 Å². The fourth-order valence-electron chi connectivity index (χ4n) is 8.33. The van der Waals surface area contributed by atoms with Crippen molar-refractivity contribution in [2.24, 2.45) is 0 Å². The highest BCUT2D eigenvalue weighted by Gasteiger charge is 2.18. The summed E-state index contributed by atoms with van der Waals surface area (Å²) in [6.07, 6.45) is 0. The minimum atomic E-state index is 1.10. The molecule has 0 radical (unpaired) electrons. The van der Waals surface area contributed by atoms with Gasteiger partial charge in [0.15, 0.2) is 0 Å². The first kappa shape index (κ1) is 34.0. The molecule has 0 unspecified atom stereocenters. The van der Waals surface area contributed by atoms with Crippen LogP contribution in [0.1, 0.15) is 0 Å². The van der Waals surface area contributed by atoms with Gasteiger partial charge in [0.25, 0.3) is 0 Å². The van der Waals surface area contributed by atoms with E-state index in [-0.39, 0.29) is 0 Å². The van der Waals surface area contributed by atoms with Gasteiger partial charge in [0.05, 0.1) is 0 Å². The third-order valence-corrected chi connectivity index (χ3v) is 11.1. The number of hydrogen-bond donors (Lipinski definition) is 0. The molecule has 268 valence electrons. The Kier molecular flexibility index (Phi) is 8.95. The molecule has 0 heterocycles. The summed E-state index contributed by atoms with van der Waals surface area (Å²) >= 11 is 0. The van der Waals surface area contributed by atoms with E-state index >= 15 is 0 Å². The molecule has 10 aromatic carbocycles. The molecule has 0 aliphatic carbocycles. The third-order valence-electron chi connectivity index (χ3n) is 11.1. The van der Waals surface area contributed by atoms with E-state index in [4.69, 9.17) is 0 Å². The standard InChI is InChI=1S/C56H39N/c1-4-15-40(16-5-1)42-27-33-48(34-28-42)57(49-35-29-43(30-36-49)41-17-6-2-7-18-41)50-37-31-44(32-38-50)46-21-14-22-47(39-46)56-53-25-12-10-23-51(53)55(45-19-8-3-9-20-45)52-24-11-13-26-54(52)56/h1-39H. The van der Waals surface area contributed by atoms with E-state index in [1.54, 1.807) is 0 Å². The molecule has 0 bridgehead atoms. The minimum Gasteiger partial charge on any atom is -0.311 e. The molecule has 0 amide bonds. The van der Waals surface area contributed by atoms with Gasteiger partial charge in [-0.2, -0.15) is 0 Å². The van der Waals surface area contributed by atoms with Crippen LogP contribution >= 0.6 is 0 Å². The van der Waals surface area contributed by atoms with Gasteiger partial charge >= 0.3 is 0 Å². The van der Waals surface area contributed by atoms with Crippen molar-refractivity contribution in [2.45, 2.75) is 0 Å². The fraction of sp³-hybridized carbons (Fsp3) is 0. The zero-order valence-electron chi connectivity index (χ0n) is 31.5. The lowest BCUT2D eigenvalue weighted by atomic mass is 9.85. The van der Waals surface area contributed by atoms with Crippen LogP contribution in [0.5, 0.6) is 0 Å². The first-order valence-electron chi connectivity index (χ1n) is 19.6. The highest BCUT2D eigenvalue weighted by molar-refractivity contribution is 6.21. The van der Waals surface area contributed by atoms with Crippen molar-refractivity contribution in [3.8, 4) is 55.6 Å². The summed E-state index contributed by atoms with van der Waals surface area (Å²) in [5, 5.41) is 5.05. The number of nitrogens with zero attached hydrogens (tertiary/aromatic N) is 1. The minimum absolute atomic E-state index is 1.10. The zero-order valence-corrected chi connectivity index (χ0v) is 31.5. The van der Waals surface area contributed by atoms with Crippen molar-refractivity contribution in [1.29, 1.82) is 0 Å². The Hall–Kier alpha value is -7.48. The van der Waals surface area contributed by atoms with E-state index in [1.807, 2.05) is 0 Å². The van der Waals surface area contributed by atoms with Gasteiger partial charge in [-0.1, -0.05) is 194 Å². The zero-order chi connectivity index (χ0) is 38.0. The van der Waals surface area contributed by atoms with Gasteiger partial charge in [0, 0.05) is 17.1 Å². The van der Waals surface area contributed by atoms with Crippen LogP contribution in [0.15, 0.2) is 237 Å². The molecule has 10 rings (SSSR count). The Labute approximate surface area is 334 Å². The Morgan fingerprint density at radius 3 is 0.877 bits per heavy atom. The maximum atomic E-state index is 2.35. The number of fused-ring (bicyclic) bond motifs is 2.